The number of hydrogen-bond donors (Lipinski definition) is 2. The van der Waals surface area contributed by atoms with Crippen LogP contribution in [0.15, 0.2) is 18.2 Å². The van der Waals surface area contributed by atoms with Crippen LogP contribution in [-0.2, 0) is 4.79 Å². The molecule has 1 aromatic rings. The molecule has 2 rings (SSSR count). The first-order valence-corrected chi connectivity index (χ1v) is 5.82. The van der Waals surface area contributed by atoms with Crippen molar-refractivity contribution in [2.24, 2.45) is 0 Å². The summed E-state index contributed by atoms with van der Waals surface area (Å²) in [5.74, 6) is 0.154. The van der Waals surface area contributed by atoms with Crippen LogP contribution in [0, 0.1) is 6.92 Å². The van der Waals surface area contributed by atoms with Crippen molar-refractivity contribution in [3.8, 4) is 0 Å². The van der Waals surface area contributed by atoms with E-state index >= 15 is 0 Å². The van der Waals surface area contributed by atoms with Gasteiger partial charge < -0.3 is 11.1 Å². The Kier molecular flexibility index (Phi) is 3.13. The zero-order valence-electron chi connectivity index (χ0n) is 9.62. The summed E-state index contributed by atoms with van der Waals surface area (Å²) in [6, 6.07) is 6.19. The fraction of sp³-hybridized carbons (Fsp3) is 0.462. The molecule has 1 aliphatic rings. The molecule has 1 heterocycles. The van der Waals surface area contributed by atoms with Crippen molar-refractivity contribution in [1.29, 1.82) is 0 Å². The lowest BCUT2D eigenvalue weighted by Gasteiger charge is -2.17. The van der Waals surface area contributed by atoms with Gasteiger partial charge in [-0.1, -0.05) is 18.6 Å². The second-order valence-electron chi connectivity index (χ2n) is 4.48. The van der Waals surface area contributed by atoms with E-state index in [9.17, 15) is 4.79 Å². The second-order valence-corrected chi connectivity index (χ2v) is 4.48. The number of benzene rings is 1. The van der Waals surface area contributed by atoms with E-state index in [2.05, 4.69) is 11.4 Å². The van der Waals surface area contributed by atoms with E-state index in [4.69, 9.17) is 5.73 Å². The maximum Gasteiger partial charge on any atom is 0.220 e. The minimum absolute atomic E-state index is 0.137. The summed E-state index contributed by atoms with van der Waals surface area (Å²) in [5, 5.41) is 3.05. The van der Waals surface area contributed by atoms with E-state index in [-0.39, 0.29) is 11.9 Å². The Bertz CT molecular complexity index is 401. The Hall–Kier alpha value is -1.51. The Morgan fingerprint density at radius 2 is 2.19 bits per heavy atom. The van der Waals surface area contributed by atoms with E-state index in [1.54, 1.807) is 0 Å². The summed E-state index contributed by atoms with van der Waals surface area (Å²) in [5.41, 5.74) is 8.90. The maximum absolute atomic E-state index is 11.5. The average molecular weight is 218 g/mol. The van der Waals surface area contributed by atoms with E-state index in [0.29, 0.717) is 6.42 Å². The first-order chi connectivity index (χ1) is 7.66. The summed E-state index contributed by atoms with van der Waals surface area (Å²) in [7, 11) is 0. The lowest BCUT2D eigenvalue weighted by atomic mass is 10.00. The summed E-state index contributed by atoms with van der Waals surface area (Å²) >= 11 is 0. The van der Waals surface area contributed by atoms with Gasteiger partial charge in [-0.05, 0) is 37.0 Å². The van der Waals surface area contributed by atoms with Crippen molar-refractivity contribution in [3.63, 3.8) is 0 Å². The highest BCUT2D eigenvalue weighted by molar-refractivity contribution is 5.76. The van der Waals surface area contributed by atoms with Crippen molar-refractivity contribution in [3.05, 3.63) is 29.3 Å². The highest BCUT2D eigenvalue weighted by atomic mass is 16.1. The molecular formula is C13H18N2O. The smallest absolute Gasteiger partial charge is 0.220 e. The number of nitrogens with one attached hydrogen (secondary N) is 1. The summed E-state index contributed by atoms with van der Waals surface area (Å²) in [6.45, 7) is 1.99. The van der Waals surface area contributed by atoms with Crippen LogP contribution in [0.25, 0.3) is 0 Å². The molecule has 1 unspecified atom stereocenters. The minimum atomic E-state index is 0.137. The largest absolute Gasteiger partial charge is 0.399 e. The van der Waals surface area contributed by atoms with Gasteiger partial charge >= 0.3 is 0 Å². The number of nitrogens with two attached hydrogens (primary N) is 1. The quantitative estimate of drug-likeness (QED) is 0.711. The number of anilines is 1. The Balaban J connectivity index is 2.21. The third kappa shape index (κ3) is 2.35. The number of hydrogen-bond acceptors (Lipinski definition) is 2. The van der Waals surface area contributed by atoms with Crippen molar-refractivity contribution in [2.45, 2.75) is 38.6 Å². The molecule has 1 fully saturated rings. The fourth-order valence-electron chi connectivity index (χ4n) is 2.10. The first kappa shape index (κ1) is 11.0. The normalized spacial score (nSPS) is 21.3. The number of carbonyl (C=O) groups excluding carboxylic acids is 1. The molecule has 1 amide bonds. The topological polar surface area (TPSA) is 55.1 Å². The van der Waals surface area contributed by atoms with Gasteiger partial charge in [-0.15, -0.1) is 0 Å². The van der Waals surface area contributed by atoms with Gasteiger partial charge in [-0.2, -0.15) is 0 Å². The van der Waals surface area contributed by atoms with Crippen molar-refractivity contribution in [2.75, 3.05) is 5.73 Å². The summed E-state index contributed by atoms with van der Waals surface area (Å²) in [6.07, 6.45) is 3.74. The SMILES string of the molecule is Cc1ccc(C2CCCCC(=O)N2)cc1N. The van der Waals surface area contributed by atoms with Crippen molar-refractivity contribution < 1.29 is 4.79 Å². The molecule has 1 aromatic carbocycles. The van der Waals surface area contributed by atoms with E-state index in [1.807, 2.05) is 19.1 Å². The predicted octanol–water partition coefficient (Wildman–Crippen LogP) is 2.31. The van der Waals surface area contributed by atoms with Crippen LogP contribution in [0.2, 0.25) is 0 Å². The Labute approximate surface area is 96.0 Å². The van der Waals surface area contributed by atoms with Crippen LogP contribution in [0.5, 0.6) is 0 Å². The number of rotatable bonds is 1. The molecule has 1 aliphatic heterocycles. The minimum Gasteiger partial charge on any atom is -0.399 e. The second kappa shape index (κ2) is 4.56. The van der Waals surface area contributed by atoms with Crippen LogP contribution < -0.4 is 11.1 Å². The molecule has 86 valence electrons. The maximum atomic E-state index is 11.5. The molecule has 3 N–H and O–H groups in total. The van der Waals surface area contributed by atoms with Crippen LogP contribution in [-0.4, -0.2) is 5.91 Å². The van der Waals surface area contributed by atoms with Crippen LogP contribution in [0.3, 0.4) is 0 Å². The van der Waals surface area contributed by atoms with E-state index in [0.717, 1.165) is 36.1 Å². The van der Waals surface area contributed by atoms with Crippen molar-refractivity contribution in [1.82, 2.24) is 5.32 Å². The van der Waals surface area contributed by atoms with Crippen LogP contribution in [0.4, 0.5) is 5.69 Å². The van der Waals surface area contributed by atoms with E-state index in [1.165, 1.54) is 0 Å². The standard InChI is InChI=1S/C13H18N2O/c1-9-6-7-10(8-11(9)14)12-4-2-3-5-13(16)15-12/h6-8,12H,2-5,14H2,1H3,(H,15,16). The third-order valence-corrected chi connectivity index (χ3v) is 3.19. The highest BCUT2D eigenvalue weighted by Gasteiger charge is 2.18. The van der Waals surface area contributed by atoms with Gasteiger partial charge in [-0.3, -0.25) is 4.79 Å². The predicted molar refractivity (Wildman–Crippen MR) is 64.9 cm³/mol. The fourth-order valence-corrected chi connectivity index (χ4v) is 2.10. The number of nitrogen functional groups attached to an aromatic ring is 1. The molecule has 16 heavy (non-hydrogen) atoms. The van der Waals surface area contributed by atoms with Crippen molar-refractivity contribution >= 4 is 11.6 Å². The average Bonchev–Trinajstić information content (AvgIpc) is 2.47. The zero-order chi connectivity index (χ0) is 11.5. The molecule has 3 heteroatoms. The molecule has 0 saturated carbocycles. The highest BCUT2D eigenvalue weighted by Crippen LogP contribution is 2.25. The number of carbonyl (C=O) groups is 1. The molecule has 0 bridgehead atoms. The lowest BCUT2D eigenvalue weighted by molar-refractivity contribution is -0.121. The first-order valence-electron chi connectivity index (χ1n) is 5.82. The molecule has 0 radical (unpaired) electrons. The van der Waals surface area contributed by atoms with Gasteiger partial charge in [0.2, 0.25) is 5.91 Å². The zero-order valence-corrected chi connectivity index (χ0v) is 9.62. The Morgan fingerprint density at radius 3 is 2.94 bits per heavy atom. The Morgan fingerprint density at radius 1 is 1.38 bits per heavy atom. The van der Waals surface area contributed by atoms with Gasteiger partial charge in [0.05, 0.1) is 6.04 Å². The number of amides is 1. The van der Waals surface area contributed by atoms with Crippen LogP contribution in [0.1, 0.15) is 42.9 Å². The lowest BCUT2D eigenvalue weighted by Crippen LogP contribution is -2.26. The van der Waals surface area contributed by atoms with Gasteiger partial charge in [-0.25, -0.2) is 0 Å². The molecule has 0 aromatic heterocycles. The van der Waals surface area contributed by atoms with Gasteiger partial charge in [0.15, 0.2) is 0 Å². The van der Waals surface area contributed by atoms with E-state index < -0.39 is 0 Å². The molecule has 1 atom stereocenters. The molecule has 0 aliphatic carbocycles. The third-order valence-electron chi connectivity index (χ3n) is 3.19. The van der Waals surface area contributed by atoms with Gasteiger partial charge in [0.25, 0.3) is 0 Å². The van der Waals surface area contributed by atoms with Gasteiger partial charge in [0.1, 0.15) is 0 Å². The van der Waals surface area contributed by atoms with Crippen LogP contribution >= 0.6 is 0 Å². The van der Waals surface area contributed by atoms with Gasteiger partial charge in [0, 0.05) is 12.1 Å². The molecule has 3 nitrogen and oxygen atoms in total. The number of aryl methyl sites for hydroxylation is 1. The summed E-state index contributed by atoms with van der Waals surface area (Å²) < 4.78 is 0. The molecule has 0 spiro atoms. The molecular weight excluding hydrogens is 200 g/mol. The molecule has 1 saturated heterocycles. The monoisotopic (exact) mass is 218 g/mol. The summed E-state index contributed by atoms with van der Waals surface area (Å²) in [4.78, 5) is 11.5.